The van der Waals surface area contributed by atoms with Gasteiger partial charge in [0.1, 0.15) is 22.6 Å². The van der Waals surface area contributed by atoms with Gasteiger partial charge in [0.15, 0.2) is 12.1 Å². The fraction of sp³-hybridized carbons (Fsp3) is 0.174. The summed E-state index contributed by atoms with van der Waals surface area (Å²) in [6.45, 7) is 1.30. The maximum Gasteiger partial charge on any atom is 0.341 e. The van der Waals surface area contributed by atoms with Crippen LogP contribution in [-0.4, -0.2) is 39.0 Å². The first-order chi connectivity index (χ1) is 16.3. The number of benzene rings is 1. The van der Waals surface area contributed by atoms with E-state index in [0.29, 0.717) is 10.7 Å². The van der Waals surface area contributed by atoms with Gasteiger partial charge in [0.05, 0.1) is 17.0 Å². The zero-order chi connectivity index (χ0) is 24.4. The van der Waals surface area contributed by atoms with Gasteiger partial charge in [-0.2, -0.15) is 4.99 Å². The highest BCUT2D eigenvalue weighted by Crippen LogP contribution is 2.27. The predicted octanol–water partition coefficient (Wildman–Crippen LogP) is 3.18. The first-order valence-corrected chi connectivity index (χ1v) is 10.9. The predicted molar refractivity (Wildman–Crippen MR) is 126 cm³/mol. The lowest BCUT2D eigenvalue weighted by Gasteiger charge is -2.11. The number of nitrogens with zero attached hydrogens (tertiary/aromatic N) is 4. The van der Waals surface area contributed by atoms with Crippen LogP contribution in [0.4, 0.5) is 0 Å². The zero-order valence-electron chi connectivity index (χ0n) is 18.1. The minimum Gasteiger partial charge on any atom is -0.482 e. The second-order valence-electron chi connectivity index (χ2n) is 7.11. The van der Waals surface area contributed by atoms with Gasteiger partial charge in [0, 0.05) is 18.3 Å². The Morgan fingerprint density at radius 1 is 1.15 bits per heavy atom. The van der Waals surface area contributed by atoms with Crippen LogP contribution in [0.5, 0.6) is 5.75 Å². The van der Waals surface area contributed by atoms with Crippen LogP contribution in [0.25, 0.3) is 16.7 Å². The summed E-state index contributed by atoms with van der Waals surface area (Å²) in [6, 6.07) is 11.0. The average molecular weight is 501 g/mol. The fourth-order valence-electron chi connectivity index (χ4n) is 3.34. The van der Waals surface area contributed by atoms with E-state index >= 15 is 0 Å². The Hall–Kier alpha value is -3.69. The second kappa shape index (κ2) is 9.66. The summed E-state index contributed by atoms with van der Waals surface area (Å²) in [5.41, 5.74) is 0.203. The molecule has 0 aliphatic heterocycles. The van der Waals surface area contributed by atoms with Crippen molar-refractivity contribution in [2.45, 2.75) is 6.92 Å². The van der Waals surface area contributed by atoms with Gasteiger partial charge in [0.2, 0.25) is 0 Å². The number of halogens is 2. The first-order valence-electron chi connectivity index (χ1n) is 10.1. The summed E-state index contributed by atoms with van der Waals surface area (Å²) in [6.07, 6.45) is 1.58. The lowest BCUT2D eigenvalue weighted by molar-refractivity contribution is -0.120. The molecule has 4 aromatic rings. The van der Waals surface area contributed by atoms with Crippen molar-refractivity contribution in [3.63, 3.8) is 0 Å². The van der Waals surface area contributed by atoms with E-state index in [-0.39, 0.29) is 45.0 Å². The van der Waals surface area contributed by atoms with E-state index in [1.54, 1.807) is 44.4 Å². The van der Waals surface area contributed by atoms with Crippen molar-refractivity contribution in [2.75, 3.05) is 13.2 Å². The summed E-state index contributed by atoms with van der Waals surface area (Å²) >= 11 is 11.9. The largest absolute Gasteiger partial charge is 0.482 e. The third-order valence-electron chi connectivity index (χ3n) is 4.88. The van der Waals surface area contributed by atoms with Gasteiger partial charge in [-0.15, -0.1) is 0 Å². The van der Waals surface area contributed by atoms with Crippen LogP contribution in [0.3, 0.4) is 0 Å². The Balaban J connectivity index is 1.84. The molecule has 1 aromatic carbocycles. The molecule has 34 heavy (non-hydrogen) atoms. The van der Waals surface area contributed by atoms with Crippen molar-refractivity contribution in [3.8, 4) is 5.75 Å². The molecule has 4 rings (SSSR count). The molecule has 11 heteroatoms. The maximum absolute atomic E-state index is 13.0. The van der Waals surface area contributed by atoms with Crippen LogP contribution < -0.4 is 15.8 Å². The van der Waals surface area contributed by atoms with Crippen molar-refractivity contribution >= 4 is 51.8 Å². The van der Waals surface area contributed by atoms with E-state index in [1.807, 2.05) is 0 Å². The SMILES string of the molecule is CCOC(=O)c1cc2c(=O)n3ccccc3nc2n(C)c1=NC(=O)COc1ccc(Cl)cc1Cl. The molecular weight excluding hydrogens is 483 g/mol. The lowest BCUT2D eigenvalue weighted by atomic mass is 10.2. The number of pyridine rings is 2. The quantitative estimate of drug-likeness (QED) is 0.308. The minimum absolute atomic E-state index is 0.0195. The van der Waals surface area contributed by atoms with Crippen LogP contribution in [0.1, 0.15) is 17.3 Å². The number of esters is 1. The molecule has 0 aliphatic rings. The molecule has 3 heterocycles. The normalized spacial score (nSPS) is 11.7. The number of hydrogen-bond acceptors (Lipinski definition) is 6. The Kier molecular flexibility index (Phi) is 6.67. The number of rotatable bonds is 5. The number of aromatic nitrogens is 3. The van der Waals surface area contributed by atoms with Crippen molar-refractivity contribution in [2.24, 2.45) is 12.0 Å². The van der Waals surface area contributed by atoms with Crippen molar-refractivity contribution in [1.82, 2.24) is 14.0 Å². The number of carbonyl (C=O) groups excluding carboxylic acids is 2. The highest BCUT2D eigenvalue weighted by atomic mass is 35.5. The minimum atomic E-state index is -0.731. The van der Waals surface area contributed by atoms with Gasteiger partial charge in [0.25, 0.3) is 11.5 Å². The van der Waals surface area contributed by atoms with Gasteiger partial charge in [-0.05, 0) is 43.3 Å². The van der Waals surface area contributed by atoms with E-state index < -0.39 is 18.5 Å². The molecular formula is C23H18Cl2N4O5. The highest BCUT2D eigenvalue weighted by Gasteiger charge is 2.18. The third-order valence-corrected chi connectivity index (χ3v) is 5.42. The molecule has 174 valence electrons. The molecule has 3 aromatic heterocycles. The Morgan fingerprint density at radius 2 is 1.94 bits per heavy atom. The summed E-state index contributed by atoms with van der Waals surface area (Å²) in [7, 11) is 1.56. The van der Waals surface area contributed by atoms with Crippen LogP contribution in [0, 0.1) is 0 Å². The van der Waals surface area contributed by atoms with Crippen molar-refractivity contribution < 1.29 is 19.1 Å². The summed E-state index contributed by atoms with van der Waals surface area (Å²) in [5, 5.41) is 0.830. The standard InChI is InChI=1S/C23H18Cl2N4O5/c1-3-33-23(32)15-11-14-20(26-18-6-4-5-9-29(18)22(14)31)28(2)21(15)27-19(30)12-34-17-8-7-13(24)10-16(17)25/h4-11H,3,12H2,1-2H3. The molecule has 0 radical (unpaired) electrons. The van der Waals surface area contributed by atoms with Gasteiger partial charge in [-0.1, -0.05) is 29.3 Å². The number of ether oxygens (including phenoxy) is 2. The molecule has 1 amide bonds. The molecule has 0 N–H and O–H groups in total. The van der Waals surface area contributed by atoms with Gasteiger partial charge in [-0.3, -0.25) is 14.0 Å². The maximum atomic E-state index is 13.0. The monoisotopic (exact) mass is 500 g/mol. The topological polar surface area (TPSA) is 104 Å². The molecule has 0 spiro atoms. The van der Waals surface area contributed by atoms with Crippen LogP contribution in [-0.2, 0) is 16.6 Å². The molecule has 0 fully saturated rings. The van der Waals surface area contributed by atoms with E-state index in [0.717, 1.165) is 0 Å². The second-order valence-corrected chi connectivity index (χ2v) is 7.96. The van der Waals surface area contributed by atoms with Gasteiger partial charge in [-0.25, -0.2) is 9.78 Å². The smallest absolute Gasteiger partial charge is 0.341 e. The third kappa shape index (κ3) is 4.52. The van der Waals surface area contributed by atoms with Crippen molar-refractivity contribution in [3.05, 3.63) is 80.1 Å². The summed E-state index contributed by atoms with van der Waals surface area (Å²) in [4.78, 5) is 46.9. The number of carbonyl (C=O) groups is 2. The number of aryl methyl sites for hydroxylation is 1. The van der Waals surface area contributed by atoms with Crippen LogP contribution in [0.2, 0.25) is 10.0 Å². The Bertz CT molecular complexity index is 1580. The van der Waals surface area contributed by atoms with Gasteiger partial charge >= 0.3 is 5.97 Å². The number of hydrogen-bond donors (Lipinski definition) is 0. The van der Waals surface area contributed by atoms with Crippen LogP contribution >= 0.6 is 23.2 Å². The highest BCUT2D eigenvalue weighted by molar-refractivity contribution is 6.35. The average Bonchev–Trinajstić information content (AvgIpc) is 2.81. The summed E-state index contributed by atoms with van der Waals surface area (Å²) in [5.74, 6) is -1.17. The van der Waals surface area contributed by atoms with E-state index in [2.05, 4.69) is 9.98 Å². The molecule has 0 saturated carbocycles. The first kappa shape index (κ1) is 23.5. The molecule has 0 unspecified atom stereocenters. The van der Waals surface area contributed by atoms with Crippen molar-refractivity contribution in [1.29, 1.82) is 0 Å². The van der Waals surface area contributed by atoms with E-state index in [9.17, 15) is 14.4 Å². The zero-order valence-corrected chi connectivity index (χ0v) is 19.6. The Labute approximate surface area is 202 Å². The molecule has 0 aliphatic carbocycles. The molecule has 0 bridgehead atoms. The van der Waals surface area contributed by atoms with E-state index in [1.165, 1.54) is 27.2 Å². The number of amides is 1. The lowest BCUT2D eigenvalue weighted by Crippen LogP contribution is -2.31. The number of fused-ring (bicyclic) bond motifs is 2. The summed E-state index contributed by atoms with van der Waals surface area (Å²) < 4.78 is 13.3. The molecule has 9 nitrogen and oxygen atoms in total. The molecule has 0 atom stereocenters. The van der Waals surface area contributed by atoms with Gasteiger partial charge < -0.3 is 14.0 Å². The van der Waals surface area contributed by atoms with E-state index in [4.69, 9.17) is 32.7 Å². The fourth-order valence-corrected chi connectivity index (χ4v) is 3.80. The van der Waals surface area contributed by atoms with Crippen LogP contribution in [0.15, 0.2) is 58.4 Å². The molecule has 0 saturated heterocycles. The Morgan fingerprint density at radius 3 is 2.68 bits per heavy atom.